The average Bonchev–Trinajstić information content (AvgIpc) is 3.00. The van der Waals surface area contributed by atoms with E-state index in [2.05, 4.69) is 27.9 Å². The first kappa shape index (κ1) is 33.1. The highest BCUT2D eigenvalue weighted by Crippen LogP contribution is 2.40. The Labute approximate surface area is 263 Å². The standard InChI is InChI=1S/C31H41IN4O7/c1-41-15-7-12-34-23-19-21-24-25-20(28(37)36(14-9-17-43-3)31(40)27(23)25)18-22(33-11-6-4-5-10-32)26(24)30(39)35(29(21)38)13-8-16-42-2/h18-19,33,37H,4-17H2,1-3H3. The Bertz CT molecular complexity index is 1720. The van der Waals surface area contributed by atoms with Crippen molar-refractivity contribution in [2.45, 2.75) is 51.6 Å². The van der Waals surface area contributed by atoms with Crippen molar-refractivity contribution >= 4 is 49.8 Å². The van der Waals surface area contributed by atoms with E-state index in [1.165, 1.54) is 9.13 Å². The summed E-state index contributed by atoms with van der Waals surface area (Å²) in [5, 5.41) is 16.7. The Balaban J connectivity index is 2.10. The third-order valence-corrected chi connectivity index (χ3v) is 8.41. The summed E-state index contributed by atoms with van der Waals surface area (Å²) in [4.78, 5) is 46.7. The molecule has 1 aromatic heterocycles. The number of aromatic hydroxyl groups is 1. The average molecular weight is 709 g/mol. The molecule has 0 bridgehead atoms. The Kier molecular flexibility index (Phi) is 12.1. The zero-order valence-electron chi connectivity index (χ0n) is 25.2. The molecule has 0 radical (unpaired) electrons. The molecule has 0 unspecified atom stereocenters. The van der Waals surface area contributed by atoms with Gasteiger partial charge in [-0.2, -0.15) is 0 Å². The minimum atomic E-state index is -0.451. The Hall–Kier alpha value is -2.81. The van der Waals surface area contributed by atoms with Gasteiger partial charge in [0.15, 0.2) is 0 Å². The molecule has 1 aliphatic carbocycles. The second-order valence-electron chi connectivity index (χ2n) is 10.6. The van der Waals surface area contributed by atoms with E-state index in [9.17, 15) is 19.5 Å². The first-order valence-electron chi connectivity index (χ1n) is 14.8. The summed E-state index contributed by atoms with van der Waals surface area (Å²) in [7, 11) is 4.77. The lowest BCUT2D eigenvalue weighted by atomic mass is 9.89. The molecule has 12 heteroatoms. The van der Waals surface area contributed by atoms with Gasteiger partial charge in [-0.25, -0.2) is 0 Å². The number of hydrogen-bond donors (Lipinski definition) is 2. The number of aromatic nitrogens is 2. The maximum atomic E-state index is 14.0. The number of anilines is 1. The van der Waals surface area contributed by atoms with E-state index >= 15 is 0 Å². The number of unbranched alkanes of at least 4 members (excludes halogenated alkanes) is 2. The molecule has 0 saturated heterocycles. The third kappa shape index (κ3) is 6.97. The van der Waals surface area contributed by atoms with Gasteiger partial charge < -0.3 is 24.6 Å². The van der Waals surface area contributed by atoms with Crippen molar-refractivity contribution in [2.75, 3.05) is 64.0 Å². The van der Waals surface area contributed by atoms with Gasteiger partial charge in [0.05, 0.1) is 21.7 Å². The van der Waals surface area contributed by atoms with Crippen molar-refractivity contribution in [3.05, 3.63) is 48.6 Å². The van der Waals surface area contributed by atoms with Crippen molar-refractivity contribution < 1.29 is 19.3 Å². The SMILES string of the molecule is COCCCN=c1cc2c(=O)n(CCCOC)c(=O)c3c(NCCCCCI)cc4c(O)n(CCCOC)c(=O)c1c4c3-2. The summed E-state index contributed by atoms with van der Waals surface area (Å²) in [6, 6.07) is 3.37. The predicted octanol–water partition coefficient (Wildman–Crippen LogP) is 3.39. The van der Waals surface area contributed by atoms with Crippen LogP contribution in [0.5, 0.6) is 5.88 Å². The molecule has 0 atom stereocenters. The van der Waals surface area contributed by atoms with E-state index in [-0.39, 0.29) is 24.4 Å². The van der Waals surface area contributed by atoms with Crippen LogP contribution in [0.15, 0.2) is 31.5 Å². The molecule has 234 valence electrons. The Morgan fingerprint density at radius 2 is 1.44 bits per heavy atom. The minimum absolute atomic E-state index is 0.189. The molecule has 2 N–H and O–H groups in total. The van der Waals surface area contributed by atoms with Gasteiger partial charge in [-0.05, 0) is 48.7 Å². The van der Waals surface area contributed by atoms with Gasteiger partial charge in [-0.15, -0.1) is 0 Å². The third-order valence-electron chi connectivity index (χ3n) is 7.65. The highest BCUT2D eigenvalue weighted by Gasteiger charge is 2.28. The van der Waals surface area contributed by atoms with Gasteiger partial charge in [-0.1, -0.05) is 29.0 Å². The number of nitrogens with one attached hydrogen (secondary N) is 1. The van der Waals surface area contributed by atoms with Crippen LogP contribution in [0.2, 0.25) is 0 Å². The molecule has 1 aliphatic heterocycles. The molecule has 2 aromatic rings. The molecule has 1 aromatic carbocycles. The number of alkyl halides is 1. The smallest absolute Gasteiger partial charge is 0.263 e. The fourth-order valence-electron chi connectivity index (χ4n) is 5.59. The van der Waals surface area contributed by atoms with Crippen LogP contribution in [-0.4, -0.2) is 72.9 Å². The minimum Gasteiger partial charge on any atom is -0.494 e. The zero-order chi connectivity index (χ0) is 30.9. The Morgan fingerprint density at radius 3 is 2.12 bits per heavy atom. The second kappa shape index (κ2) is 15.8. The van der Waals surface area contributed by atoms with Gasteiger partial charge in [0.1, 0.15) is 0 Å². The van der Waals surface area contributed by atoms with Crippen molar-refractivity contribution in [1.29, 1.82) is 0 Å². The van der Waals surface area contributed by atoms with Crippen molar-refractivity contribution in [3.63, 3.8) is 0 Å². The van der Waals surface area contributed by atoms with Gasteiger partial charge in [0, 0.05) is 89.4 Å². The van der Waals surface area contributed by atoms with E-state index < -0.39 is 16.7 Å². The van der Waals surface area contributed by atoms with Crippen LogP contribution >= 0.6 is 22.6 Å². The van der Waals surface area contributed by atoms with E-state index in [1.807, 2.05) is 0 Å². The lowest BCUT2D eigenvalue weighted by Crippen LogP contribution is -2.37. The summed E-state index contributed by atoms with van der Waals surface area (Å²) in [6.07, 6.45) is 4.64. The van der Waals surface area contributed by atoms with Crippen LogP contribution < -0.4 is 27.4 Å². The van der Waals surface area contributed by atoms with Gasteiger partial charge >= 0.3 is 0 Å². The molecule has 0 saturated carbocycles. The summed E-state index contributed by atoms with van der Waals surface area (Å²) in [6.45, 7) is 2.72. The van der Waals surface area contributed by atoms with E-state index in [4.69, 9.17) is 19.2 Å². The molecule has 0 amide bonds. The van der Waals surface area contributed by atoms with E-state index in [0.29, 0.717) is 90.5 Å². The van der Waals surface area contributed by atoms with Crippen LogP contribution in [0.25, 0.3) is 32.7 Å². The van der Waals surface area contributed by atoms with Gasteiger partial charge in [-0.3, -0.25) is 28.5 Å². The lowest BCUT2D eigenvalue weighted by Gasteiger charge is -2.22. The van der Waals surface area contributed by atoms with Crippen molar-refractivity contribution in [3.8, 4) is 17.0 Å². The number of methoxy groups -OCH3 is 3. The molecule has 0 fully saturated rings. The number of nitrogens with zero attached hydrogens (tertiary/aromatic N) is 3. The number of pyridine rings is 2. The highest BCUT2D eigenvalue weighted by molar-refractivity contribution is 14.1. The first-order chi connectivity index (χ1) is 20.9. The molecule has 2 heterocycles. The number of benzene rings is 2. The Morgan fingerprint density at radius 1 is 0.791 bits per heavy atom. The monoisotopic (exact) mass is 708 g/mol. The second-order valence-corrected chi connectivity index (χ2v) is 11.6. The topological polar surface area (TPSA) is 133 Å². The van der Waals surface area contributed by atoms with E-state index in [0.717, 1.165) is 23.7 Å². The number of halogens is 1. The van der Waals surface area contributed by atoms with Crippen LogP contribution in [-0.2, 0) is 27.3 Å². The van der Waals surface area contributed by atoms with Gasteiger partial charge in [0.2, 0.25) is 5.88 Å². The normalized spacial score (nSPS) is 12.4. The summed E-state index contributed by atoms with van der Waals surface area (Å²) in [5.74, 6) is -0.210. The summed E-state index contributed by atoms with van der Waals surface area (Å²) >= 11 is 2.36. The van der Waals surface area contributed by atoms with Crippen LogP contribution in [0, 0.1) is 0 Å². The highest BCUT2D eigenvalue weighted by atomic mass is 127. The van der Waals surface area contributed by atoms with Crippen LogP contribution in [0.4, 0.5) is 5.69 Å². The van der Waals surface area contributed by atoms with Gasteiger partial charge in [0.25, 0.3) is 16.7 Å². The molecule has 43 heavy (non-hydrogen) atoms. The number of ether oxygens (including phenoxy) is 3. The molecule has 0 spiro atoms. The fourth-order valence-corrected chi connectivity index (χ4v) is 6.13. The number of rotatable bonds is 18. The molecule has 2 aliphatic rings. The summed E-state index contributed by atoms with van der Waals surface area (Å²) in [5.41, 5.74) is -0.104. The molecule has 4 rings (SSSR count). The quantitative estimate of drug-likeness (QED) is 0.0696. The van der Waals surface area contributed by atoms with Crippen molar-refractivity contribution in [2.24, 2.45) is 4.99 Å². The predicted molar refractivity (Wildman–Crippen MR) is 178 cm³/mol. The molecular weight excluding hydrogens is 667 g/mol. The molecule has 11 nitrogen and oxygen atoms in total. The number of hydrogen-bond acceptors (Lipinski definition) is 9. The van der Waals surface area contributed by atoms with E-state index in [1.54, 1.807) is 33.5 Å². The summed E-state index contributed by atoms with van der Waals surface area (Å²) < 4.78 is 19.2. The maximum Gasteiger partial charge on any atom is 0.263 e. The lowest BCUT2D eigenvalue weighted by molar-refractivity contribution is 0.189. The fraction of sp³-hybridized carbons (Fsp3) is 0.548. The largest absolute Gasteiger partial charge is 0.494 e. The first-order valence-corrected chi connectivity index (χ1v) is 16.3. The van der Waals surface area contributed by atoms with Crippen molar-refractivity contribution in [1.82, 2.24) is 9.13 Å². The van der Waals surface area contributed by atoms with Crippen LogP contribution in [0.1, 0.15) is 38.5 Å². The zero-order valence-corrected chi connectivity index (χ0v) is 27.3. The maximum absolute atomic E-state index is 14.0. The molecular formula is C31H41IN4O7. The van der Waals surface area contributed by atoms with Crippen LogP contribution in [0.3, 0.4) is 0 Å².